The third kappa shape index (κ3) is 2.54. The van der Waals surface area contributed by atoms with Gasteiger partial charge in [-0.25, -0.2) is 4.98 Å². The second kappa shape index (κ2) is 6.20. The Morgan fingerprint density at radius 3 is 2.74 bits per heavy atom. The molecule has 6 atom stereocenters. The lowest BCUT2D eigenvalue weighted by Gasteiger charge is -2.44. The third-order valence-corrected chi connectivity index (χ3v) is 8.12. The first kappa shape index (κ1) is 16.3. The van der Waals surface area contributed by atoms with E-state index in [1.165, 1.54) is 55.6 Å². The largest absolute Gasteiger partial charge is 0.368 e. The topological polar surface area (TPSA) is 67.1 Å². The number of nitrogens with one attached hydrogen (secondary N) is 1. The zero-order chi connectivity index (χ0) is 18.0. The van der Waals surface area contributed by atoms with Crippen molar-refractivity contribution in [3.63, 3.8) is 0 Å². The van der Waals surface area contributed by atoms with Crippen molar-refractivity contribution >= 4 is 11.8 Å². The smallest absolute Gasteiger partial charge is 0.222 e. The molecule has 3 N–H and O–H groups in total. The fraction of sp³-hybridized carbons (Fsp3) is 0.727. The van der Waals surface area contributed by atoms with Crippen LogP contribution in [0.25, 0.3) is 0 Å². The van der Waals surface area contributed by atoms with Crippen LogP contribution in [0.3, 0.4) is 0 Å². The highest BCUT2D eigenvalue weighted by atomic mass is 15.3. The maximum atomic E-state index is 6.29. The number of nitrogens with two attached hydrogens (primary N) is 1. The highest BCUT2D eigenvalue weighted by Gasteiger charge is 2.45. The van der Waals surface area contributed by atoms with Crippen LogP contribution in [-0.2, 0) is 6.42 Å². The van der Waals surface area contributed by atoms with Gasteiger partial charge in [0.05, 0.1) is 5.69 Å². The van der Waals surface area contributed by atoms with Crippen molar-refractivity contribution in [2.45, 2.75) is 56.9 Å². The van der Waals surface area contributed by atoms with E-state index < -0.39 is 0 Å². The van der Waals surface area contributed by atoms with E-state index in [4.69, 9.17) is 15.7 Å². The van der Waals surface area contributed by atoms with Crippen LogP contribution in [0.5, 0.6) is 0 Å². The summed E-state index contributed by atoms with van der Waals surface area (Å²) >= 11 is 0. The van der Waals surface area contributed by atoms with Crippen molar-refractivity contribution in [3.05, 3.63) is 23.4 Å². The van der Waals surface area contributed by atoms with Crippen LogP contribution in [0.4, 0.5) is 11.8 Å². The van der Waals surface area contributed by atoms with E-state index in [2.05, 4.69) is 22.4 Å². The Balaban J connectivity index is 1.41. The summed E-state index contributed by atoms with van der Waals surface area (Å²) in [4.78, 5) is 12.2. The summed E-state index contributed by atoms with van der Waals surface area (Å²) in [7, 11) is 0. The zero-order valence-electron chi connectivity index (χ0n) is 16.1. The summed E-state index contributed by atoms with van der Waals surface area (Å²) in [6.45, 7) is 3.37. The van der Waals surface area contributed by atoms with Crippen LogP contribution in [-0.4, -0.2) is 35.6 Å². The minimum absolute atomic E-state index is 0.484. The Kier molecular flexibility index (Phi) is 3.75. The molecular formula is C22H31N5. The van der Waals surface area contributed by atoms with Gasteiger partial charge in [0.1, 0.15) is 5.82 Å². The van der Waals surface area contributed by atoms with Gasteiger partial charge in [-0.2, -0.15) is 4.98 Å². The number of piperidine rings is 1. The molecule has 7 rings (SSSR count). The van der Waals surface area contributed by atoms with Crippen molar-refractivity contribution in [3.8, 4) is 0 Å². The van der Waals surface area contributed by atoms with E-state index in [0.29, 0.717) is 23.8 Å². The van der Waals surface area contributed by atoms with Crippen LogP contribution < -0.4 is 16.0 Å². The quantitative estimate of drug-likeness (QED) is 0.749. The van der Waals surface area contributed by atoms with E-state index in [9.17, 15) is 0 Å². The lowest BCUT2D eigenvalue weighted by Crippen LogP contribution is -2.40. The Morgan fingerprint density at radius 2 is 1.89 bits per heavy atom. The van der Waals surface area contributed by atoms with Gasteiger partial charge in [-0.3, -0.25) is 0 Å². The Morgan fingerprint density at radius 1 is 1.00 bits per heavy atom. The lowest BCUT2D eigenvalue weighted by molar-refractivity contribution is 0.169. The number of fused-ring (bicyclic) bond motifs is 3. The van der Waals surface area contributed by atoms with Crippen molar-refractivity contribution in [2.24, 2.45) is 23.7 Å². The maximum Gasteiger partial charge on any atom is 0.222 e. The van der Waals surface area contributed by atoms with Gasteiger partial charge in [-0.1, -0.05) is 12.2 Å². The molecule has 3 fully saturated rings. The van der Waals surface area contributed by atoms with Gasteiger partial charge in [0.15, 0.2) is 0 Å². The molecule has 1 saturated carbocycles. The molecule has 1 aromatic heterocycles. The number of nitrogens with zero attached hydrogens (tertiary/aromatic N) is 3. The fourth-order valence-corrected chi connectivity index (χ4v) is 6.92. The molecule has 2 saturated heterocycles. The molecule has 0 radical (unpaired) electrons. The Labute approximate surface area is 161 Å². The van der Waals surface area contributed by atoms with Crippen LogP contribution in [0.1, 0.15) is 55.7 Å². The predicted octanol–water partition coefficient (Wildman–Crippen LogP) is 2.88. The van der Waals surface area contributed by atoms with Crippen molar-refractivity contribution in [1.29, 1.82) is 0 Å². The van der Waals surface area contributed by atoms with Gasteiger partial charge >= 0.3 is 0 Å². The van der Waals surface area contributed by atoms with Crippen molar-refractivity contribution in [2.75, 3.05) is 30.3 Å². The summed E-state index contributed by atoms with van der Waals surface area (Å²) in [5.74, 6) is 5.15. The first-order valence-corrected chi connectivity index (χ1v) is 11.1. The maximum absolute atomic E-state index is 6.29. The summed E-state index contributed by atoms with van der Waals surface area (Å²) in [5, 5.41) is 3.73. The molecule has 4 aliphatic carbocycles. The predicted molar refractivity (Wildman–Crippen MR) is 108 cm³/mol. The number of allylic oxidation sites excluding steroid dienone is 2. The molecule has 0 aromatic carbocycles. The van der Waals surface area contributed by atoms with Crippen LogP contribution >= 0.6 is 0 Å². The van der Waals surface area contributed by atoms with E-state index in [-0.39, 0.29) is 0 Å². The van der Waals surface area contributed by atoms with Gasteiger partial charge in [0.2, 0.25) is 5.95 Å². The number of rotatable bonds is 1. The number of nitrogen functional groups attached to an aromatic ring is 1. The molecule has 0 spiro atoms. The van der Waals surface area contributed by atoms with E-state index in [1.807, 2.05) is 0 Å². The first-order valence-electron chi connectivity index (χ1n) is 11.1. The first-order chi connectivity index (χ1) is 13.3. The molecule has 144 valence electrons. The minimum atomic E-state index is 0.484. The van der Waals surface area contributed by atoms with E-state index in [0.717, 1.165) is 43.8 Å². The molecular weight excluding hydrogens is 334 g/mol. The number of hydrogen-bond acceptors (Lipinski definition) is 5. The van der Waals surface area contributed by atoms with E-state index in [1.54, 1.807) is 0 Å². The van der Waals surface area contributed by atoms with Gasteiger partial charge in [0, 0.05) is 30.6 Å². The van der Waals surface area contributed by atoms with Crippen molar-refractivity contribution in [1.82, 2.24) is 15.3 Å². The van der Waals surface area contributed by atoms with Crippen LogP contribution in [0, 0.1) is 23.7 Å². The molecule has 2 bridgehead atoms. The summed E-state index contributed by atoms with van der Waals surface area (Å²) in [5.41, 5.74) is 9.02. The highest BCUT2D eigenvalue weighted by molar-refractivity contribution is 5.55. The number of aromatic nitrogens is 2. The number of anilines is 2. The normalized spacial score (nSPS) is 39.6. The molecule has 2 aliphatic heterocycles. The molecule has 6 unspecified atom stereocenters. The average molecular weight is 366 g/mol. The molecule has 3 heterocycles. The summed E-state index contributed by atoms with van der Waals surface area (Å²) in [6.07, 6.45) is 14.0. The second-order valence-electron chi connectivity index (χ2n) is 9.51. The SMILES string of the molecule is Nc1nc2c(c(N3CC4CCCNC4C3)n1)CCCC1C3C=CC(CC3)C21. The monoisotopic (exact) mass is 365 g/mol. The highest BCUT2D eigenvalue weighted by Crippen LogP contribution is 2.54. The molecule has 0 amide bonds. The fourth-order valence-electron chi connectivity index (χ4n) is 6.92. The minimum Gasteiger partial charge on any atom is -0.368 e. The molecule has 1 aromatic rings. The molecule has 6 aliphatic rings. The number of hydrogen-bond donors (Lipinski definition) is 2. The zero-order valence-corrected chi connectivity index (χ0v) is 16.1. The standard InChI is InChI=1S/C22H31N5/c23-22-25-20-17(5-1-4-16-13-6-8-14(9-7-13)19(16)20)21(26-22)27-11-15-3-2-10-24-18(15)12-27/h6,8,13-16,18-19,24H,1-5,7,9-12H2,(H2,23,25,26). The lowest BCUT2D eigenvalue weighted by atomic mass is 9.60. The third-order valence-electron chi connectivity index (χ3n) is 8.12. The van der Waals surface area contributed by atoms with Gasteiger partial charge in [-0.15, -0.1) is 0 Å². The van der Waals surface area contributed by atoms with Gasteiger partial charge < -0.3 is 16.0 Å². The summed E-state index contributed by atoms with van der Waals surface area (Å²) in [6, 6.07) is 0.623. The Bertz CT molecular complexity index is 760. The van der Waals surface area contributed by atoms with E-state index >= 15 is 0 Å². The molecule has 27 heavy (non-hydrogen) atoms. The molecule has 5 nitrogen and oxygen atoms in total. The molecule has 5 heteroatoms. The summed E-state index contributed by atoms with van der Waals surface area (Å²) < 4.78 is 0. The average Bonchev–Trinajstić information content (AvgIpc) is 3.03. The van der Waals surface area contributed by atoms with Gasteiger partial charge in [-0.05, 0) is 75.2 Å². The van der Waals surface area contributed by atoms with Crippen molar-refractivity contribution < 1.29 is 0 Å². The second-order valence-corrected chi connectivity index (χ2v) is 9.51. The van der Waals surface area contributed by atoms with Gasteiger partial charge in [0.25, 0.3) is 0 Å². The van der Waals surface area contributed by atoms with Crippen LogP contribution in [0.15, 0.2) is 12.2 Å². The van der Waals surface area contributed by atoms with Crippen LogP contribution in [0.2, 0.25) is 0 Å². The Hall–Kier alpha value is -1.62.